The Bertz CT molecular complexity index is 214. The van der Waals surface area contributed by atoms with E-state index in [0.29, 0.717) is 12.1 Å². The van der Waals surface area contributed by atoms with Gasteiger partial charge in [-0.3, -0.25) is 4.57 Å². The maximum atomic E-state index is 11.9. The number of hydrogen-bond donors (Lipinski definition) is 0. The van der Waals surface area contributed by atoms with E-state index < -0.39 is 7.60 Å². The molecule has 0 unspecified atom stereocenters. The molecule has 0 spiro atoms. The minimum absolute atomic E-state index is 0.526. The van der Waals surface area contributed by atoms with Crippen LogP contribution in [-0.4, -0.2) is 20.4 Å². The molecule has 1 aliphatic rings. The van der Waals surface area contributed by atoms with Crippen LogP contribution in [0.5, 0.6) is 0 Å². The Morgan fingerprint density at radius 2 is 1.53 bits per heavy atom. The molecule has 0 aromatic heterocycles. The van der Waals surface area contributed by atoms with Crippen molar-refractivity contribution in [3.05, 3.63) is 0 Å². The first kappa shape index (κ1) is 13.2. The van der Waals surface area contributed by atoms with Crippen molar-refractivity contribution in [2.45, 2.75) is 39.0 Å². The average molecular weight is 234 g/mol. The summed E-state index contributed by atoms with van der Waals surface area (Å²) in [7, 11) is 0.170. The number of rotatable bonds is 5. The van der Waals surface area contributed by atoms with Gasteiger partial charge in [0.05, 0.1) is 6.16 Å². The van der Waals surface area contributed by atoms with Crippen LogP contribution in [0, 0.1) is 11.8 Å². The molecule has 0 aliphatic heterocycles. The monoisotopic (exact) mass is 234 g/mol. The molecule has 0 saturated heterocycles. The van der Waals surface area contributed by atoms with Gasteiger partial charge in [0.1, 0.15) is 0 Å². The van der Waals surface area contributed by atoms with Crippen LogP contribution in [0.15, 0.2) is 0 Å². The molecular formula is C11H23O3P. The SMILES string of the molecule is CCC1CCC(CP(=O)(OC)OC)CC1. The van der Waals surface area contributed by atoms with Crippen molar-refractivity contribution in [1.82, 2.24) is 0 Å². The Morgan fingerprint density at radius 1 is 1.07 bits per heavy atom. The second kappa shape index (κ2) is 6.03. The molecule has 1 aliphatic carbocycles. The van der Waals surface area contributed by atoms with Gasteiger partial charge < -0.3 is 9.05 Å². The summed E-state index contributed by atoms with van der Waals surface area (Å²) in [6, 6.07) is 0. The lowest BCUT2D eigenvalue weighted by Gasteiger charge is -2.29. The van der Waals surface area contributed by atoms with E-state index in [2.05, 4.69) is 6.92 Å². The molecule has 0 heterocycles. The normalized spacial score (nSPS) is 27.9. The second-order valence-electron chi connectivity index (χ2n) is 4.45. The fraction of sp³-hybridized carbons (Fsp3) is 1.00. The molecule has 0 N–H and O–H groups in total. The summed E-state index contributed by atoms with van der Waals surface area (Å²) in [6.45, 7) is 2.25. The Kier molecular flexibility index (Phi) is 5.31. The minimum atomic E-state index is -2.78. The molecule has 90 valence electrons. The fourth-order valence-electron chi connectivity index (χ4n) is 2.36. The molecule has 3 nitrogen and oxygen atoms in total. The molecule has 1 fully saturated rings. The zero-order chi connectivity index (χ0) is 11.3. The zero-order valence-electron chi connectivity index (χ0n) is 10.1. The minimum Gasteiger partial charge on any atom is -0.312 e. The Morgan fingerprint density at radius 3 is 1.93 bits per heavy atom. The molecule has 0 bridgehead atoms. The van der Waals surface area contributed by atoms with Gasteiger partial charge in [-0.1, -0.05) is 26.2 Å². The maximum Gasteiger partial charge on any atom is 0.330 e. The van der Waals surface area contributed by atoms with E-state index in [1.54, 1.807) is 0 Å². The highest BCUT2D eigenvalue weighted by Gasteiger charge is 2.29. The van der Waals surface area contributed by atoms with E-state index in [4.69, 9.17) is 9.05 Å². The topological polar surface area (TPSA) is 35.5 Å². The number of hydrogen-bond acceptors (Lipinski definition) is 3. The second-order valence-corrected chi connectivity index (χ2v) is 6.77. The molecule has 1 saturated carbocycles. The van der Waals surface area contributed by atoms with E-state index in [0.717, 1.165) is 5.92 Å². The van der Waals surface area contributed by atoms with Crippen LogP contribution < -0.4 is 0 Å². The smallest absolute Gasteiger partial charge is 0.312 e. The third-order valence-electron chi connectivity index (χ3n) is 3.58. The first-order valence-electron chi connectivity index (χ1n) is 5.84. The largest absolute Gasteiger partial charge is 0.330 e. The quantitative estimate of drug-likeness (QED) is 0.680. The van der Waals surface area contributed by atoms with Crippen molar-refractivity contribution in [3.8, 4) is 0 Å². The van der Waals surface area contributed by atoms with Crippen LogP contribution >= 0.6 is 7.60 Å². The standard InChI is InChI=1S/C11H23O3P/c1-4-10-5-7-11(8-6-10)9-15(12,13-2)14-3/h10-11H,4-9H2,1-3H3. The van der Waals surface area contributed by atoms with E-state index >= 15 is 0 Å². The molecule has 0 atom stereocenters. The van der Waals surface area contributed by atoms with Gasteiger partial charge in [-0.25, -0.2) is 0 Å². The van der Waals surface area contributed by atoms with E-state index in [1.807, 2.05) is 0 Å². The van der Waals surface area contributed by atoms with Crippen LogP contribution in [0.3, 0.4) is 0 Å². The highest BCUT2D eigenvalue weighted by atomic mass is 31.2. The lowest BCUT2D eigenvalue weighted by molar-refractivity contribution is 0.245. The van der Waals surface area contributed by atoms with Crippen molar-refractivity contribution in [2.24, 2.45) is 11.8 Å². The summed E-state index contributed by atoms with van der Waals surface area (Å²) in [5.74, 6) is 1.41. The molecule has 0 aromatic carbocycles. The van der Waals surface area contributed by atoms with Crippen molar-refractivity contribution in [2.75, 3.05) is 20.4 Å². The van der Waals surface area contributed by atoms with Crippen LogP contribution in [0.1, 0.15) is 39.0 Å². The zero-order valence-corrected chi connectivity index (χ0v) is 11.0. The van der Waals surface area contributed by atoms with Gasteiger partial charge in [-0.2, -0.15) is 0 Å². The fourth-order valence-corrected chi connectivity index (χ4v) is 3.81. The Hall–Kier alpha value is 0.150. The van der Waals surface area contributed by atoms with Crippen molar-refractivity contribution in [3.63, 3.8) is 0 Å². The van der Waals surface area contributed by atoms with Gasteiger partial charge in [0.2, 0.25) is 0 Å². The molecule has 0 amide bonds. The van der Waals surface area contributed by atoms with Crippen LogP contribution in [0.4, 0.5) is 0 Å². The molecule has 0 aromatic rings. The van der Waals surface area contributed by atoms with Crippen molar-refractivity contribution < 1.29 is 13.6 Å². The summed E-state index contributed by atoms with van der Waals surface area (Å²) in [4.78, 5) is 0. The molecule has 4 heteroatoms. The summed E-state index contributed by atoms with van der Waals surface area (Å²) in [6.07, 6.45) is 6.77. The van der Waals surface area contributed by atoms with Gasteiger partial charge in [-0.15, -0.1) is 0 Å². The van der Waals surface area contributed by atoms with E-state index in [9.17, 15) is 4.57 Å². The van der Waals surface area contributed by atoms with Crippen molar-refractivity contribution >= 4 is 7.60 Å². The molecule has 0 radical (unpaired) electrons. The predicted molar refractivity (Wildman–Crippen MR) is 62.2 cm³/mol. The van der Waals surface area contributed by atoms with Gasteiger partial charge in [0.15, 0.2) is 0 Å². The summed E-state index contributed by atoms with van der Waals surface area (Å²) < 4.78 is 21.9. The van der Waals surface area contributed by atoms with Gasteiger partial charge in [0, 0.05) is 14.2 Å². The first-order chi connectivity index (χ1) is 7.13. The van der Waals surface area contributed by atoms with Crippen LogP contribution in [-0.2, 0) is 13.6 Å². The van der Waals surface area contributed by atoms with E-state index in [-0.39, 0.29) is 0 Å². The Balaban J connectivity index is 2.38. The molecule has 15 heavy (non-hydrogen) atoms. The van der Waals surface area contributed by atoms with Crippen LogP contribution in [0.2, 0.25) is 0 Å². The summed E-state index contributed by atoms with van der Waals surface area (Å²) >= 11 is 0. The highest BCUT2D eigenvalue weighted by molar-refractivity contribution is 7.53. The predicted octanol–water partition coefficient (Wildman–Crippen LogP) is 3.69. The summed E-state index contributed by atoms with van der Waals surface area (Å²) in [5.41, 5.74) is 0. The lowest BCUT2D eigenvalue weighted by atomic mass is 9.82. The van der Waals surface area contributed by atoms with E-state index in [1.165, 1.54) is 46.3 Å². The Labute approximate surface area is 93.1 Å². The van der Waals surface area contributed by atoms with Crippen LogP contribution in [0.25, 0.3) is 0 Å². The van der Waals surface area contributed by atoms with Crippen molar-refractivity contribution in [1.29, 1.82) is 0 Å². The highest BCUT2D eigenvalue weighted by Crippen LogP contribution is 2.50. The lowest BCUT2D eigenvalue weighted by Crippen LogP contribution is -2.17. The van der Waals surface area contributed by atoms with Gasteiger partial charge >= 0.3 is 7.60 Å². The average Bonchev–Trinajstić information content (AvgIpc) is 2.30. The molecular weight excluding hydrogens is 211 g/mol. The van der Waals surface area contributed by atoms with Gasteiger partial charge in [-0.05, 0) is 24.7 Å². The maximum absolute atomic E-state index is 11.9. The third-order valence-corrected chi connectivity index (χ3v) is 5.66. The third kappa shape index (κ3) is 3.90. The molecule has 1 rings (SSSR count). The first-order valence-corrected chi connectivity index (χ1v) is 7.56. The van der Waals surface area contributed by atoms with Gasteiger partial charge in [0.25, 0.3) is 0 Å². The summed E-state index contributed by atoms with van der Waals surface area (Å²) in [5, 5.41) is 0.